The number of carbonyl (C=O) groups is 2. The average molecular weight is 328 g/mol. The first kappa shape index (κ1) is 16.7. The minimum atomic E-state index is -0.206. The first-order chi connectivity index (χ1) is 10.6. The molecule has 0 spiro atoms. The molecule has 1 saturated heterocycles. The zero-order valence-corrected chi connectivity index (χ0v) is 13.2. The number of nitrogens with zero attached hydrogens (tertiary/aromatic N) is 2. The van der Waals surface area contributed by atoms with E-state index in [9.17, 15) is 9.59 Å². The first-order valence-corrected chi connectivity index (χ1v) is 7.51. The van der Waals surface area contributed by atoms with Gasteiger partial charge in [-0.25, -0.2) is 4.98 Å². The molecule has 0 saturated carbocycles. The van der Waals surface area contributed by atoms with Crippen LogP contribution in [0.4, 0.5) is 5.69 Å². The lowest BCUT2D eigenvalue weighted by Gasteiger charge is -2.27. The van der Waals surface area contributed by atoms with Crippen LogP contribution < -0.4 is 10.2 Å². The van der Waals surface area contributed by atoms with Crippen LogP contribution in [0.15, 0.2) is 18.3 Å². The van der Waals surface area contributed by atoms with Crippen molar-refractivity contribution in [3.63, 3.8) is 0 Å². The minimum absolute atomic E-state index is 0.0352. The van der Waals surface area contributed by atoms with Gasteiger partial charge in [-0.05, 0) is 12.1 Å². The van der Waals surface area contributed by atoms with Crippen molar-refractivity contribution in [2.45, 2.75) is 0 Å². The molecule has 2 amide bonds. The smallest absolute Gasteiger partial charge is 0.279 e. The summed E-state index contributed by atoms with van der Waals surface area (Å²) in [5.74, 6) is -0.171. The SMILES string of the molecule is C[NH+](CC(=O)Nc1cccnc1Cl)CC(=O)N1CCOCC1. The summed E-state index contributed by atoms with van der Waals surface area (Å²) in [6.07, 6.45) is 1.55. The number of aromatic nitrogens is 1. The summed E-state index contributed by atoms with van der Waals surface area (Å²) in [4.78, 5) is 30.5. The number of hydrogen-bond donors (Lipinski definition) is 2. The number of anilines is 1. The van der Waals surface area contributed by atoms with Crippen LogP contribution in [0.25, 0.3) is 0 Å². The Morgan fingerprint density at radius 3 is 2.82 bits per heavy atom. The fraction of sp³-hybridized carbons (Fsp3) is 0.500. The van der Waals surface area contributed by atoms with E-state index in [1.165, 1.54) is 0 Å². The Kier molecular flexibility index (Phi) is 6.11. The number of amides is 2. The summed E-state index contributed by atoms with van der Waals surface area (Å²) in [6.45, 7) is 2.83. The Labute approximate surface area is 134 Å². The Morgan fingerprint density at radius 2 is 2.14 bits per heavy atom. The predicted octanol–water partition coefficient (Wildman–Crippen LogP) is -0.953. The Bertz CT molecular complexity index is 535. The third kappa shape index (κ3) is 4.94. The van der Waals surface area contributed by atoms with Gasteiger partial charge in [0.2, 0.25) is 0 Å². The molecule has 0 bridgehead atoms. The molecule has 8 heteroatoms. The lowest BCUT2D eigenvalue weighted by Crippen LogP contribution is -3.11. The van der Waals surface area contributed by atoms with E-state index in [1.54, 1.807) is 23.2 Å². The quantitative estimate of drug-likeness (QED) is 0.684. The van der Waals surface area contributed by atoms with Gasteiger partial charge in [-0.15, -0.1) is 0 Å². The van der Waals surface area contributed by atoms with E-state index in [0.717, 1.165) is 4.90 Å². The van der Waals surface area contributed by atoms with Gasteiger partial charge in [0.05, 0.1) is 25.9 Å². The largest absolute Gasteiger partial charge is 0.378 e. The monoisotopic (exact) mass is 327 g/mol. The van der Waals surface area contributed by atoms with Crippen LogP contribution in [0.2, 0.25) is 5.15 Å². The van der Waals surface area contributed by atoms with E-state index in [0.29, 0.717) is 32.0 Å². The van der Waals surface area contributed by atoms with Crippen LogP contribution in [0.5, 0.6) is 0 Å². The normalized spacial score (nSPS) is 16.2. The second kappa shape index (κ2) is 8.07. The van der Waals surface area contributed by atoms with E-state index >= 15 is 0 Å². The molecule has 1 aliphatic heterocycles. The van der Waals surface area contributed by atoms with Crippen molar-refractivity contribution < 1.29 is 19.2 Å². The molecule has 1 aromatic rings. The third-order valence-electron chi connectivity index (χ3n) is 3.31. The zero-order chi connectivity index (χ0) is 15.9. The summed E-state index contributed by atoms with van der Waals surface area (Å²) in [6, 6.07) is 3.38. The minimum Gasteiger partial charge on any atom is -0.378 e. The first-order valence-electron chi connectivity index (χ1n) is 7.13. The van der Waals surface area contributed by atoms with Crippen LogP contribution in [0, 0.1) is 0 Å². The van der Waals surface area contributed by atoms with Gasteiger partial charge < -0.3 is 19.9 Å². The van der Waals surface area contributed by atoms with Crippen LogP contribution in [-0.2, 0) is 14.3 Å². The van der Waals surface area contributed by atoms with Gasteiger partial charge in [0.25, 0.3) is 11.8 Å². The number of likely N-dealkylation sites (N-methyl/N-ethyl adjacent to an activating group) is 1. The van der Waals surface area contributed by atoms with Crippen LogP contribution >= 0.6 is 11.6 Å². The van der Waals surface area contributed by atoms with Crippen LogP contribution in [-0.4, -0.2) is 68.1 Å². The topological polar surface area (TPSA) is 76.0 Å². The number of ether oxygens (including phenoxy) is 1. The van der Waals surface area contributed by atoms with Crippen molar-refractivity contribution in [3.05, 3.63) is 23.5 Å². The highest BCUT2D eigenvalue weighted by Gasteiger charge is 2.21. The molecule has 2 N–H and O–H groups in total. The molecule has 2 heterocycles. The van der Waals surface area contributed by atoms with Gasteiger partial charge in [-0.2, -0.15) is 0 Å². The predicted molar refractivity (Wildman–Crippen MR) is 81.9 cm³/mol. The number of carbonyl (C=O) groups excluding carboxylic acids is 2. The number of hydrogen-bond acceptors (Lipinski definition) is 4. The second-order valence-electron chi connectivity index (χ2n) is 5.19. The third-order valence-corrected chi connectivity index (χ3v) is 3.61. The number of pyridine rings is 1. The number of nitrogens with one attached hydrogen (secondary N) is 2. The van der Waals surface area contributed by atoms with Crippen molar-refractivity contribution in [2.75, 3.05) is 51.8 Å². The van der Waals surface area contributed by atoms with Gasteiger partial charge in [0.15, 0.2) is 18.2 Å². The molecular formula is C14H20ClN4O3+. The van der Waals surface area contributed by atoms with Crippen molar-refractivity contribution in [2.24, 2.45) is 0 Å². The molecule has 1 unspecified atom stereocenters. The van der Waals surface area contributed by atoms with E-state index in [-0.39, 0.29) is 30.1 Å². The Hall–Kier alpha value is -1.70. The molecular weight excluding hydrogens is 308 g/mol. The van der Waals surface area contributed by atoms with Crippen molar-refractivity contribution >= 4 is 29.1 Å². The Balaban J connectivity index is 1.78. The van der Waals surface area contributed by atoms with Gasteiger partial charge in [-0.1, -0.05) is 11.6 Å². The maximum atomic E-state index is 12.1. The van der Waals surface area contributed by atoms with Crippen molar-refractivity contribution in [1.82, 2.24) is 9.88 Å². The fourth-order valence-corrected chi connectivity index (χ4v) is 2.36. The van der Waals surface area contributed by atoms with Gasteiger partial charge >= 0.3 is 0 Å². The Morgan fingerprint density at radius 1 is 1.41 bits per heavy atom. The fourth-order valence-electron chi connectivity index (χ4n) is 2.19. The highest BCUT2D eigenvalue weighted by Crippen LogP contribution is 2.16. The van der Waals surface area contributed by atoms with E-state index < -0.39 is 0 Å². The highest BCUT2D eigenvalue weighted by molar-refractivity contribution is 6.32. The van der Waals surface area contributed by atoms with Crippen LogP contribution in [0.1, 0.15) is 0 Å². The zero-order valence-electron chi connectivity index (χ0n) is 12.5. The van der Waals surface area contributed by atoms with Gasteiger partial charge in [0.1, 0.15) is 0 Å². The number of halogens is 1. The average Bonchev–Trinajstić information content (AvgIpc) is 2.50. The maximum absolute atomic E-state index is 12.1. The van der Waals surface area contributed by atoms with Crippen molar-refractivity contribution in [1.29, 1.82) is 0 Å². The molecule has 1 atom stereocenters. The second-order valence-corrected chi connectivity index (χ2v) is 5.55. The standard InChI is InChI=1S/C14H19ClN4O3/c1-18(10-13(21)19-5-7-22-8-6-19)9-12(20)17-11-3-2-4-16-14(11)15/h2-4H,5-10H2,1H3,(H,17,20)/p+1. The van der Waals surface area contributed by atoms with Crippen molar-refractivity contribution in [3.8, 4) is 0 Å². The molecule has 0 aliphatic carbocycles. The highest BCUT2D eigenvalue weighted by atomic mass is 35.5. The summed E-state index contributed by atoms with van der Waals surface area (Å²) >= 11 is 5.89. The molecule has 22 heavy (non-hydrogen) atoms. The molecule has 1 fully saturated rings. The number of morpholine rings is 1. The molecule has 0 aromatic carbocycles. The molecule has 7 nitrogen and oxygen atoms in total. The van der Waals surface area contributed by atoms with E-state index in [4.69, 9.17) is 16.3 Å². The summed E-state index contributed by atoms with van der Waals surface area (Å²) in [5, 5.41) is 2.94. The van der Waals surface area contributed by atoms with E-state index in [1.807, 2.05) is 7.05 Å². The number of quaternary nitrogens is 1. The lowest BCUT2D eigenvalue weighted by molar-refractivity contribution is -0.862. The summed E-state index contributed by atoms with van der Waals surface area (Å²) in [5.41, 5.74) is 0.474. The maximum Gasteiger partial charge on any atom is 0.279 e. The van der Waals surface area contributed by atoms with Crippen LogP contribution in [0.3, 0.4) is 0 Å². The number of rotatable bonds is 5. The summed E-state index contributed by atoms with van der Waals surface area (Å²) in [7, 11) is 1.81. The lowest BCUT2D eigenvalue weighted by atomic mass is 10.3. The van der Waals surface area contributed by atoms with E-state index in [2.05, 4.69) is 10.3 Å². The molecule has 2 rings (SSSR count). The molecule has 1 aliphatic rings. The summed E-state index contributed by atoms with van der Waals surface area (Å²) < 4.78 is 5.21. The molecule has 1 aromatic heterocycles. The molecule has 0 radical (unpaired) electrons. The van der Waals surface area contributed by atoms with Gasteiger partial charge in [-0.3, -0.25) is 9.59 Å². The van der Waals surface area contributed by atoms with Gasteiger partial charge in [0, 0.05) is 19.3 Å². The molecule has 120 valence electrons.